The van der Waals surface area contributed by atoms with Crippen molar-refractivity contribution in [1.82, 2.24) is 10.3 Å². The summed E-state index contributed by atoms with van der Waals surface area (Å²) in [6, 6.07) is 7.77. The number of nitrogens with zero attached hydrogens (tertiary/aromatic N) is 1. The number of pyridine rings is 1. The zero-order valence-electron chi connectivity index (χ0n) is 15.1. The highest BCUT2D eigenvalue weighted by Gasteiger charge is 2.40. The number of hydrogen-bond donors (Lipinski definition) is 2. The molecular weight excluding hydrogens is 430 g/mol. The minimum atomic E-state index is -4.97. The Morgan fingerprint density at radius 2 is 2.14 bits per heavy atom. The van der Waals surface area contributed by atoms with Gasteiger partial charge in [-0.15, -0.1) is 0 Å². The van der Waals surface area contributed by atoms with E-state index in [9.17, 15) is 18.0 Å². The van der Waals surface area contributed by atoms with Crippen molar-refractivity contribution in [2.45, 2.75) is 31.2 Å². The Kier molecular flexibility index (Phi) is 6.24. The Bertz CT molecular complexity index is 936. The average Bonchev–Trinajstić information content (AvgIpc) is 2.66. The van der Waals surface area contributed by atoms with Crippen LogP contribution in [0.2, 0.25) is 5.02 Å². The van der Waals surface area contributed by atoms with E-state index in [-0.39, 0.29) is 6.61 Å². The maximum atomic E-state index is 12.5. The summed E-state index contributed by atoms with van der Waals surface area (Å²) in [7, 11) is 0. The van der Waals surface area contributed by atoms with Gasteiger partial charge >= 0.3 is 12.1 Å². The number of benzene rings is 1. The Hall–Kier alpha value is -2.45. The Balaban J connectivity index is 1.78. The Labute approximate surface area is 174 Å². The van der Waals surface area contributed by atoms with E-state index >= 15 is 0 Å². The fourth-order valence-corrected chi connectivity index (χ4v) is 3.33. The van der Waals surface area contributed by atoms with E-state index in [4.69, 9.17) is 27.9 Å². The lowest BCUT2D eigenvalue weighted by Gasteiger charge is -2.29. The molecule has 5 nitrogen and oxygen atoms in total. The van der Waals surface area contributed by atoms with Crippen molar-refractivity contribution in [2.24, 2.45) is 0 Å². The number of halogens is 5. The molecule has 0 fully saturated rings. The van der Waals surface area contributed by atoms with E-state index in [0.29, 0.717) is 27.6 Å². The zero-order chi connectivity index (χ0) is 21.2. The molecule has 2 atom stereocenters. The van der Waals surface area contributed by atoms with Crippen LogP contribution in [0, 0.1) is 0 Å². The van der Waals surface area contributed by atoms with E-state index < -0.39 is 23.6 Å². The molecule has 2 heterocycles. The summed E-state index contributed by atoms with van der Waals surface area (Å²) in [6.07, 6.45) is -1.73. The van der Waals surface area contributed by atoms with E-state index in [2.05, 4.69) is 10.3 Å². The molecule has 0 spiro atoms. The molecule has 0 saturated heterocycles. The standard InChI is InChI=1S/C19H16Cl2F3N3O2/c1-10(26-18(28)19(22,23)24)13-6-11-7-14(20)16(8-15(11)27-17(13)21)29-9-12-4-2-3-5-25-12/h2-8,10,17,27H,9H2,1H3,(H,26,28)/t10-,17?/m0/s1. The van der Waals surface area contributed by atoms with Gasteiger partial charge in [0, 0.05) is 18.0 Å². The second-order valence-corrected chi connectivity index (χ2v) is 7.17. The minimum Gasteiger partial charge on any atom is -0.486 e. The van der Waals surface area contributed by atoms with Crippen molar-refractivity contribution >= 4 is 40.9 Å². The molecule has 154 valence electrons. The third kappa shape index (κ3) is 5.13. The lowest BCUT2D eigenvalue weighted by atomic mass is 9.99. The van der Waals surface area contributed by atoms with Gasteiger partial charge in [-0.25, -0.2) is 0 Å². The number of alkyl halides is 4. The second kappa shape index (κ2) is 8.51. The predicted molar refractivity (Wildman–Crippen MR) is 105 cm³/mol. The molecule has 10 heteroatoms. The highest BCUT2D eigenvalue weighted by atomic mass is 35.5. The maximum Gasteiger partial charge on any atom is 0.471 e. The third-order valence-corrected chi connectivity index (χ3v) is 4.86. The summed E-state index contributed by atoms with van der Waals surface area (Å²) in [5.41, 5.74) is 1.48. The Morgan fingerprint density at radius 3 is 2.79 bits per heavy atom. The van der Waals surface area contributed by atoms with Crippen LogP contribution in [0.5, 0.6) is 5.75 Å². The number of anilines is 1. The molecule has 0 aliphatic carbocycles. The summed E-state index contributed by atoms with van der Waals surface area (Å²) >= 11 is 12.6. The van der Waals surface area contributed by atoms with Gasteiger partial charge < -0.3 is 15.4 Å². The molecule has 29 heavy (non-hydrogen) atoms. The summed E-state index contributed by atoms with van der Waals surface area (Å²) in [4.78, 5) is 15.4. The summed E-state index contributed by atoms with van der Waals surface area (Å²) in [5.74, 6) is -1.63. The van der Waals surface area contributed by atoms with Crippen LogP contribution in [0.1, 0.15) is 18.2 Å². The van der Waals surface area contributed by atoms with Gasteiger partial charge in [0.05, 0.1) is 16.8 Å². The number of carbonyl (C=O) groups excluding carboxylic acids is 1. The first kappa shape index (κ1) is 21.3. The van der Waals surface area contributed by atoms with Crippen molar-refractivity contribution in [2.75, 3.05) is 5.32 Å². The van der Waals surface area contributed by atoms with Gasteiger partial charge in [0.25, 0.3) is 0 Å². The van der Waals surface area contributed by atoms with Crippen LogP contribution in [0.3, 0.4) is 0 Å². The van der Waals surface area contributed by atoms with Gasteiger partial charge in [0.2, 0.25) is 0 Å². The molecule has 1 aromatic heterocycles. The van der Waals surface area contributed by atoms with Crippen LogP contribution in [-0.2, 0) is 11.4 Å². The highest BCUT2D eigenvalue weighted by molar-refractivity contribution is 6.32. The molecule has 1 aromatic carbocycles. The molecule has 2 aromatic rings. The van der Waals surface area contributed by atoms with Gasteiger partial charge in [-0.2, -0.15) is 13.2 Å². The van der Waals surface area contributed by atoms with Crippen LogP contribution < -0.4 is 15.4 Å². The average molecular weight is 446 g/mol. The van der Waals surface area contributed by atoms with Crippen LogP contribution in [0.15, 0.2) is 42.1 Å². The first-order valence-corrected chi connectivity index (χ1v) is 9.32. The number of fused-ring (bicyclic) bond motifs is 1. The van der Waals surface area contributed by atoms with E-state index in [1.54, 1.807) is 30.5 Å². The molecule has 1 aliphatic heterocycles. The van der Waals surface area contributed by atoms with Crippen LogP contribution >= 0.6 is 23.2 Å². The van der Waals surface area contributed by atoms with Crippen LogP contribution in [-0.4, -0.2) is 28.6 Å². The van der Waals surface area contributed by atoms with Crippen LogP contribution in [0.4, 0.5) is 18.9 Å². The number of amides is 1. The van der Waals surface area contributed by atoms with Gasteiger partial charge in [-0.1, -0.05) is 29.3 Å². The van der Waals surface area contributed by atoms with Crippen molar-refractivity contribution < 1.29 is 22.7 Å². The van der Waals surface area contributed by atoms with Crippen molar-refractivity contribution in [3.05, 3.63) is 58.4 Å². The summed E-state index contributed by atoms with van der Waals surface area (Å²) in [6.45, 7) is 1.63. The quantitative estimate of drug-likeness (QED) is 0.514. The monoisotopic (exact) mass is 445 g/mol. The van der Waals surface area contributed by atoms with E-state index in [0.717, 1.165) is 5.69 Å². The van der Waals surface area contributed by atoms with Gasteiger partial charge in [-0.05, 0) is 42.3 Å². The normalized spacial score (nSPS) is 16.9. The molecule has 1 aliphatic rings. The largest absolute Gasteiger partial charge is 0.486 e. The SMILES string of the molecule is C[C@H](NC(=O)C(F)(F)F)C1=Cc2cc(Cl)c(OCc3ccccn3)cc2NC1Cl. The highest BCUT2D eigenvalue weighted by Crippen LogP contribution is 2.37. The number of carbonyl (C=O) groups is 1. The third-order valence-electron chi connectivity index (χ3n) is 4.21. The number of aromatic nitrogens is 1. The first-order chi connectivity index (χ1) is 13.6. The van der Waals surface area contributed by atoms with E-state index in [1.165, 1.54) is 6.92 Å². The molecule has 2 N–H and O–H groups in total. The fourth-order valence-electron chi connectivity index (χ4n) is 2.74. The first-order valence-electron chi connectivity index (χ1n) is 8.51. The lowest BCUT2D eigenvalue weighted by Crippen LogP contribution is -2.44. The predicted octanol–water partition coefficient (Wildman–Crippen LogP) is 4.75. The van der Waals surface area contributed by atoms with Crippen molar-refractivity contribution in [1.29, 1.82) is 0 Å². The van der Waals surface area contributed by atoms with Gasteiger partial charge in [0.15, 0.2) is 0 Å². The maximum absolute atomic E-state index is 12.5. The molecule has 1 amide bonds. The molecule has 1 unspecified atom stereocenters. The molecule has 0 radical (unpaired) electrons. The molecule has 3 rings (SSSR count). The minimum absolute atomic E-state index is 0.214. The lowest BCUT2D eigenvalue weighted by molar-refractivity contribution is -0.174. The summed E-state index contributed by atoms with van der Waals surface area (Å²) < 4.78 is 43.2. The van der Waals surface area contributed by atoms with Crippen LogP contribution in [0.25, 0.3) is 6.08 Å². The fraction of sp³-hybridized carbons (Fsp3) is 0.263. The zero-order valence-corrected chi connectivity index (χ0v) is 16.6. The number of nitrogens with one attached hydrogen (secondary N) is 2. The molecule has 0 bridgehead atoms. The van der Waals surface area contributed by atoms with Crippen molar-refractivity contribution in [3.8, 4) is 5.75 Å². The van der Waals surface area contributed by atoms with Crippen molar-refractivity contribution in [3.63, 3.8) is 0 Å². The van der Waals surface area contributed by atoms with Gasteiger partial charge in [0.1, 0.15) is 17.9 Å². The molecular formula is C19H16Cl2F3N3O2. The Morgan fingerprint density at radius 1 is 1.38 bits per heavy atom. The number of ether oxygens (including phenoxy) is 1. The second-order valence-electron chi connectivity index (χ2n) is 6.32. The van der Waals surface area contributed by atoms with E-state index in [1.807, 2.05) is 17.4 Å². The number of rotatable bonds is 5. The smallest absolute Gasteiger partial charge is 0.471 e. The summed E-state index contributed by atoms with van der Waals surface area (Å²) in [5, 5.41) is 5.19. The van der Waals surface area contributed by atoms with Gasteiger partial charge in [-0.3, -0.25) is 9.78 Å². The number of hydrogen-bond acceptors (Lipinski definition) is 4. The molecule has 0 saturated carbocycles. The topological polar surface area (TPSA) is 63.2 Å².